The van der Waals surface area contributed by atoms with E-state index in [1.807, 2.05) is 18.2 Å². The summed E-state index contributed by atoms with van der Waals surface area (Å²) in [5, 5.41) is 27.9. The topological polar surface area (TPSA) is 256 Å². The van der Waals surface area contributed by atoms with Crippen LogP contribution in [0.5, 0.6) is 0 Å². The number of unbranched alkanes of at least 4 members (excludes halogenated alkanes) is 1. The van der Waals surface area contributed by atoms with Gasteiger partial charge in [-0.15, -0.1) is 0 Å². The van der Waals surface area contributed by atoms with E-state index in [-0.39, 0.29) is 19.3 Å². The smallest absolute Gasteiger partial charge is 0.326 e. The number of fused-ring (bicyclic) bond motifs is 1. The molecule has 0 bridgehead atoms. The Balaban J connectivity index is 2.15. The minimum atomic E-state index is -1.47. The molecule has 1 heterocycles. The van der Waals surface area contributed by atoms with Gasteiger partial charge < -0.3 is 48.3 Å². The summed E-state index contributed by atoms with van der Waals surface area (Å²) in [6.07, 6.45) is 1.25. The highest BCUT2D eigenvalue weighted by atomic mass is 16.4. The normalized spacial score (nSPS) is 14.9. The summed E-state index contributed by atoms with van der Waals surface area (Å²) >= 11 is 0. The molecule has 0 aliphatic carbocycles. The number of aliphatic carboxylic acids is 1. The van der Waals surface area contributed by atoms with E-state index < -0.39 is 59.9 Å². The van der Waals surface area contributed by atoms with Crippen molar-refractivity contribution in [2.24, 2.45) is 17.2 Å². The zero-order valence-electron chi connectivity index (χ0n) is 22.4. The number of para-hydroxylation sites is 1. The number of H-pyrrole nitrogens is 1. The predicted molar refractivity (Wildman–Crippen MR) is 146 cm³/mol. The van der Waals surface area contributed by atoms with Crippen LogP contribution in [-0.4, -0.2) is 81.6 Å². The van der Waals surface area contributed by atoms with E-state index in [0.717, 1.165) is 10.9 Å². The number of aromatic nitrogens is 1. The standard InChI is InChI=1S/C26H39N7O7/c1-14(34)22(33-23(36)17(28)7-4-5-11-27)25(38)31-19(9-10-21(29)35)24(37)32-20(26(39)40)12-15-13-30-18-8-3-2-6-16(15)18/h2-3,6,8,13-14,17,19-20,22,30,34H,4-5,7,9-12,27-28H2,1H3,(H2,29,35)(H,31,38)(H,32,37)(H,33,36)(H,39,40). The van der Waals surface area contributed by atoms with Gasteiger partial charge in [-0.05, 0) is 44.4 Å². The third-order valence-electron chi connectivity index (χ3n) is 6.39. The summed E-state index contributed by atoms with van der Waals surface area (Å²) < 4.78 is 0. The molecule has 4 amide bonds. The molecule has 1 aromatic carbocycles. The molecule has 0 fully saturated rings. The average molecular weight is 562 g/mol. The lowest BCUT2D eigenvalue weighted by atomic mass is 10.0. The maximum Gasteiger partial charge on any atom is 0.326 e. The van der Waals surface area contributed by atoms with E-state index in [4.69, 9.17) is 17.2 Å². The fourth-order valence-corrected chi connectivity index (χ4v) is 4.11. The van der Waals surface area contributed by atoms with Gasteiger partial charge in [-0.1, -0.05) is 24.6 Å². The Kier molecular flexibility index (Phi) is 12.5. The Bertz CT molecular complexity index is 1180. The molecule has 0 aliphatic rings. The van der Waals surface area contributed by atoms with Crippen LogP contribution < -0.4 is 33.2 Å². The molecule has 12 N–H and O–H groups in total. The lowest BCUT2D eigenvalue weighted by Gasteiger charge is -2.26. The number of carboxylic acids is 1. The Morgan fingerprint density at radius 2 is 1.62 bits per heavy atom. The molecule has 5 unspecified atom stereocenters. The second-order valence-electron chi connectivity index (χ2n) is 9.65. The molecule has 14 heteroatoms. The third kappa shape index (κ3) is 9.63. The lowest BCUT2D eigenvalue weighted by Crippen LogP contribution is -2.60. The van der Waals surface area contributed by atoms with E-state index in [1.54, 1.807) is 12.3 Å². The summed E-state index contributed by atoms with van der Waals surface area (Å²) in [6, 6.07) is 2.09. The first-order chi connectivity index (χ1) is 18.9. The number of rotatable bonds is 17. The van der Waals surface area contributed by atoms with Crippen LogP contribution >= 0.6 is 0 Å². The van der Waals surface area contributed by atoms with E-state index in [2.05, 4.69) is 20.9 Å². The van der Waals surface area contributed by atoms with Gasteiger partial charge in [-0.3, -0.25) is 19.2 Å². The van der Waals surface area contributed by atoms with Crippen molar-refractivity contribution in [3.63, 3.8) is 0 Å². The molecule has 0 saturated heterocycles. The average Bonchev–Trinajstić information content (AvgIpc) is 3.31. The zero-order valence-corrected chi connectivity index (χ0v) is 22.4. The number of aliphatic hydroxyl groups is 1. The second kappa shape index (κ2) is 15.5. The number of aromatic amines is 1. The summed E-state index contributed by atoms with van der Waals surface area (Å²) in [7, 11) is 0. The molecule has 1 aromatic heterocycles. The first-order valence-corrected chi connectivity index (χ1v) is 13.1. The summed E-state index contributed by atoms with van der Waals surface area (Å²) in [5.41, 5.74) is 18.0. The lowest BCUT2D eigenvalue weighted by molar-refractivity contribution is -0.142. The van der Waals surface area contributed by atoms with Crippen LogP contribution in [0.4, 0.5) is 0 Å². The molecule has 40 heavy (non-hydrogen) atoms. The Morgan fingerprint density at radius 1 is 0.950 bits per heavy atom. The molecule has 5 atom stereocenters. The van der Waals surface area contributed by atoms with Crippen molar-refractivity contribution in [2.75, 3.05) is 6.54 Å². The first kappa shape index (κ1) is 32.2. The van der Waals surface area contributed by atoms with Crippen molar-refractivity contribution in [1.82, 2.24) is 20.9 Å². The molecule has 0 spiro atoms. The van der Waals surface area contributed by atoms with Crippen LogP contribution in [0.1, 0.15) is 44.6 Å². The summed E-state index contributed by atoms with van der Waals surface area (Å²) in [5.74, 6) is -4.54. The molecular weight excluding hydrogens is 522 g/mol. The molecule has 0 saturated carbocycles. The van der Waals surface area contributed by atoms with Crippen LogP contribution in [0.25, 0.3) is 10.9 Å². The Labute approximate surface area is 231 Å². The minimum Gasteiger partial charge on any atom is -0.480 e. The summed E-state index contributed by atoms with van der Waals surface area (Å²) in [6.45, 7) is 1.71. The van der Waals surface area contributed by atoms with Crippen LogP contribution in [0.15, 0.2) is 30.5 Å². The maximum atomic E-state index is 13.1. The molecule has 220 valence electrons. The highest BCUT2D eigenvalue weighted by Crippen LogP contribution is 2.19. The third-order valence-corrected chi connectivity index (χ3v) is 6.39. The van der Waals surface area contributed by atoms with Gasteiger partial charge in [0, 0.05) is 29.9 Å². The number of carbonyl (C=O) groups is 5. The molecule has 0 aliphatic heterocycles. The van der Waals surface area contributed by atoms with Gasteiger partial charge in [0.25, 0.3) is 0 Å². The van der Waals surface area contributed by atoms with Crippen molar-refractivity contribution >= 4 is 40.5 Å². The van der Waals surface area contributed by atoms with E-state index in [9.17, 15) is 34.2 Å². The number of carbonyl (C=O) groups excluding carboxylic acids is 4. The maximum absolute atomic E-state index is 13.1. The number of benzene rings is 1. The monoisotopic (exact) mass is 561 g/mol. The number of primary amides is 1. The van der Waals surface area contributed by atoms with E-state index in [0.29, 0.717) is 31.4 Å². The number of nitrogens with two attached hydrogens (primary N) is 3. The number of nitrogens with one attached hydrogen (secondary N) is 4. The van der Waals surface area contributed by atoms with Crippen molar-refractivity contribution in [2.45, 2.75) is 75.7 Å². The van der Waals surface area contributed by atoms with Crippen LogP contribution in [0.3, 0.4) is 0 Å². The van der Waals surface area contributed by atoms with E-state index >= 15 is 0 Å². The van der Waals surface area contributed by atoms with Crippen molar-refractivity contribution in [3.05, 3.63) is 36.0 Å². The highest BCUT2D eigenvalue weighted by Gasteiger charge is 2.32. The number of hydrogen-bond donors (Lipinski definition) is 9. The predicted octanol–water partition coefficient (Wildman–Crippen LogP) is -1.65. The molecule has 2 rings (SSSR count). The first-order valence-electron chi connectivity index (χ1n) is 13.1. The number of amides is 4. The fourth-order valence-electron chi connectivity index (χ4n) is 4.11. The van der Waals surface area contributed by atoms with Gasteiger partial charge in [0.2, 0.25) is 23.6 Å². The van der Waals surface area contributed by atoms with Crippen molar-refractivity contribution in [3.8, 4) is 0 Å². The van der Waals surface area contributed by atoms with Crippen LogP contribution in [-0.2, 0) is 30.4 Å². The quantitative estimate of drug-likeness (QED) is 0.100. The molecule has 0 radical (unpaired) electrons. The van der Waals surface area contributed by atoms with Crippen molar-refractivity contribution < 1.29 is 34.2 Å². The zero-order chi connectivity index (χ0) is 29.8. The van der Waals surface area contributed by atoms with Gasteiger partial charge in [0.05, 0.1) is 12.1 Å². The van der Waals surface area contributed by atoms with Crippen LogP contribution in [0.2, 0.25) is 0 Å². The minimum absolute atomic E-state index is 0.0595. The van der Waals surface area contributed by atoms with E-state index in [1.165, 1.54) is 6.92 Å². The molecule has 2 aromatic rings. The van der Waals surface area contributed by atoms with Crippen molar-refractivity contribution in [1.29, 1.82) is 0 Å². The molecular formula is C26H39N7O7. The number of hydrogen-bond acceptors (Lipinski definition) is 8. The number of carboxylic acid groups (broad SMARTS) is 1. The van der Waals surface area contributed by atoms with Gasteiger partial charge in [0.15, 0.2) is 0 Å². The highest BCUT2D eigenvalue weighted by molar-refractivity contribution is 5.95. The van der Waals surface area contributed by atoms with Gasteiger partial charge in [-0.2, -0.15) is 0 Å². The SMILES string of the molecule is CC(O)C(NC(=O)C(N)CCCCN)C(=O)NC(CCC(N)=O)C(=O)NC(Cc1c[nH]c2ccccc12)C(=O)O. The molecule has 14 nitrogen and oxygen atoms in total. The van der Waals surface area contributed by atoms with Gasteiger partial charge in [-0.25, -0.2) is 4.79 Å². The fraction of sp³-hybridized carbons (Fsp3) is 0.500. The summed E-state index contributed by atoms with van der Waals surface area (Å²) in [4.78, 5) is 65.1. The Morgan fingerprint density at radius 3 is 2.25 bits per heavy atom. The largest absolute Gasteiger partial charge is 0.480 e. The van der Waals surface area contributed by atoms with Gasteiger partial charge >= 0.3 is 5.97 Å². The van der Waals surface area contributed by atoms with Crippen LogP contribution in [0, 0.1) is 0 Å². The number of aliphatic hydroxyl groups excluding tert-OH is 1. The second-order valence-corrected chi connectivity index (χ2v) is 9.65. The Hall–Kier alpha value is -4.01. The van der Waals surface area contributed by atoms with Gasteiger partial charge in [0.1, 0.15) is 18.1 Å².